The molecule has 120 valence electrons. The van der Waals surface area contributed by atoms with Crippen LogP contribution in [0.5, 0.6) is 0 Å². The van der Waals surface area contributed by atoms with Gasteiger partial charge in [0.25, 0.3) is 5.69 Å². The third kappa shape index (κ3) is 3.49. The first kappa shape index (κ1) is 19.9. The number of nitrogens with zero attached hydrogens (tertiary/aromatic N) is 3. The molecule has 0 unspecified atom stereocenters. The van der Waals surface area contributed by atoms with E-state index < -0.39 is 52.1 Å². The number of benzene rings is 2. The number of hydrogen-bond donors (Lipinski definition) is 2. The Labute approximate surface area is 155 Å². The predicted molar refractivity (Wildman–Crippen MR) is 70.6 cm³/mol. The molecule has 2 rings (SSSR count). The number of fused-ring (bicyclic) bond motifs is 1. The van der Waals surface area contributed by atoms with Gasteiger partial charge in [-0.25, -0.2) is 8.42 Å². The van der Waals surface area contributed by atoms with Gasteiger partial charge in [0.1, 0.15) is 10.1 Å². The van der Waals surface area contributed by atoms with Crippen LogP contribution in [0.4, 0.5) is 17.1 Å². The third-order valence-corrected chi connectivity index (χ3v) is 3.81. The van der Waals surface area contributed by atoms with Gasteiger partial charge in [-0.3, -0.25) is 10.1 Å². The fraction of sp³-hybridized carbons (Fsp3) is 0. The summed E-state index contributed by atoms with van der Waals surface area (Å²) in [6.45, 7) is 0. The third-order valence-electron chi connectivity index (χ3n) is 2.94. The molecule has 2 aromatic carbocycles. The van der Waals surface area contributed by atoms with Crippen molar-refractivity contribution in [3.8, 4) is 0 Å². The number of non-ortho nitro benzene ring substituents is 1. The van der Waals surface area contributed by atoms with Crippen molar-refractivity contribution in [2.45, 2.75) is 4.90 Å². The van der Waals surface area contributed by atoms with E-state index in [0.29, 0.717) is 6.07 Å². The molecule has 2 N–H and O–H groups in total. The van der Waals surface area contributed by atoms with Crippen molar-refractivity contribution < 1.29 is 57.2 Å². The Morgan fingerprint density at radius 1 is 0.958 bits per heavy atom. The summed E-state index contributed by atoms with van der Waals surface area (Å²) in [5, 5.41) is 32.5. The first-order chi connectivity index (χ1) is 10.5. The van der Waals surface area contributed by atoms with Crippen molar-refractivity contribution in [2.24, 2.45) is 0 Å². The Bertz CT molecular complexity index is 991. The van der Waals surface area contributed by atoms with E-state index in [9.17, 15) is 33.5 Å². The smallest absolute Gasteiger partial charge is 0.744 e. The molecule has 0 aliphatic heterocycles. The minimum atomic E-state index is -5.17. The second kappa shape index (κ2) is 6.74. The molecule has 0 aliphatic carbocycles. The van der Waals surface area contributed by atoms with Crippen molar-refractivity contribution in [1.82, 2.24) is 0 Å². The zero-order valence-electron chi connectivity index (χ0n) is 11.9. The van der Waals surface area contributed by atoms with Gasteiger partial charge in [0, 0.05) is 23.6 Å². The van der Waals surface area contributed by atoms with E-state index in [2.05, 4.69) is 0 Å². The molecule has 0 radical (unpaired) electrons. The van der Waals surface area contributed by atoms with Crippen LogP contribution in [-0.4, -0.2) is 27.6 Å². The fourth-order valence-electron chi connectivity index (χ4n) is 2.04. The van der Waals surface area contributed by atoms with Crippen LogP contribution < -0.4 is 29.6 Å². The molecule has 2 aromatic rings. The maximum atomic E-state index is 11.3. The minimum Gasteiger partial charge on any atom is -0.744 e. The maximum Gasteiger partial charge on any atom is 1.00 e. The van der Waals surface area contributed by atoms with Crippen LogP contribution in [0.25, 0.3) is 10.8 Å². The zero-order chi connectivity index (χ0) is 17.5. The van der Waals surface area contributed by atoms with Gasteiger partial charge in [-0.05, 0) is 17.1 Å². The number of nitro benzene ring substituents is 1. The van der Waals surface area contributed by atoms with Crippen LogP contribution in [0.2, 0.25) is 0 Å². The molecule has 0 bridgehead atoms. The van der Waals surface area contributed by atoms with E-state index in [0.717, 1.165) is 18.2 Å². The van der Waals surface area contributed by atoms with Gasteiger partial charge >= 0.3 is 40.9 Å². The summed E-state index contributed by atoms with van der Waals surface area (Å²) in [4.78, 5) is 7.73. The van der Waals surface area contributed by atoms with Crippen molar-refractivity contribution >= 4 is 38.0 Å². The van der Waals surface area contributed by atoms with E-state index in [4.69, 9.17) is 11.1 Å². The molecule has 0 aliphatic rings. The van der Waals surface area contributed by atoms with Crippen LogP contribution >= 0.6 is 0 Å². The van der Waals surface area contributed by atoms with Crippen LogP contribution in [0, 0.1) is 31.6 Å². The van der Waals surface area contributed by atoms with Crippen LogP contribution in [0.3, 0.4) is 0 Å². The molecule has 0 saturated carbocycles. The summed E-state index contributed by atoms with van der Waals surface area (Å²) in [7, 11) is -5.17. The Balaban J connectivity index is 0.00000288. The number of nitrogens with one attached hydrogen (secondary N) is 2. The van der Waals surface area contributed by atoms with E-state index in [1.54, 1.807) is 0 Å². The SMILES string of the molecule is N=[N+]([O-])c1cc(S(=O)(=O)[O-])c2cc([N+](=O)[O-])ccc2c1[N+](=N)[O-].[Na+]. The van der Waals surface area contributed by atoms with Crippen molar-refractivity contribution in [3.63, 3.8) is 0 Å². The van der Waals surface area contributed by atoms with Gasteiger partial charge in [0.2, 0.25) is 0 Å². The molecule has 0 heterocycles. The molecule has 0 spiro atoms. The van der Waals surface area contributed by atoms with E-state index in [1.165, 1.54) is 0 Å². The average Bonchev–Trinajstić information content (AvgIpc) is 2.42. The summed E-state index contributed by atoms with van der Waals surface area (Å²) in [6.07, 6.45) is 0. The van der Waals surface area contributed by atoms with Crippen LogP contribution in [0.1, 0.15) is 0 Å². The molecule has 14 heteroatoms. The molecular formula is C10H6N5NaO7S. The molecule has 0 amide bonds. The standard InChI is InChI=1S/C10H7N5O7S.Na/c11-13(16)8-4-9(23(20,21)22)7-3-5(15(18)19)1-2-6(7)10(8)14(12)17;/h1-4,11-12H,(H,20,21,22);/q;+1/p-1. The van der Waals surface area contributed by atoms with E-state index in [-0.39, 0.29) is 34.9 Å². The molecule has 0 saturated heterocycles. The van der Waals surface area contributed by atoms with E-state index >= 15 is 0 Å². The largest absolute Gasteiger partial charge is 1.00 e. The number of rotatable bonds is 4. The van der Waals surface area contributed by atoms with Crippen LogP contribution in [0.15, 0.2) is 29.2 Å². The quantitative estimate of drug-likeness (QED) is 0.173. The van der Waals surface area contributed by atoms with Gasteiger partial charge in [-0.1, -0.05) is 9.72 Å². The molecule has 0 atom stereocenters. The minimum absolute atomic E-state index is 0. The topological polar surface area (TPSA) is 200 Å². The monoisotopic (exact) mass is 363 g/mol. The van der Waals surface area contributed by atoms with Gasteiger partial charge in [-0.2, -0.15) is 0 Å². The van der Waals surface area contributed by atoms with Crippen LogP contribution in [-0.2, 0) is 10.1 Å². The second-order valence-corrected chi connectivity index (χ2v) is 5.62. The van der Waals surface area contributed by atoms with Crippen molar-refractivity contribution in [3.05, 3.63) is 44.8 Å². The Hall–Kier alpha value is -2.19. The molecular weight excluding hydrogens is 357 g/mol. The first-order valence-corrected chi connectivity index (χ1v) is 7.03. The molecule has 24 heavy (non-hydrogen) atoms. The van der Waals surface area contributed by atoms with Gasteiger partial charge in [0.05, 0.1) is 15.2 Å². The Kier molecular flexibility index (Phi) is 5.58. The van der Waals surface area contributed by atoms with Crippen molar-refractivity contribution in [1.29, 1.82) is 11.1 Å². The van der Waals surface area contributed by atoms with Gasteiger partial charge in [0.15, 0.2) is 0 Å². The van der Waals surface area contributed by atoms with Crippen molar-refractivity contribution in [2.75, 3.05) is 0 Å². The number of nitro groups is 1. The number of hydrogen-bond acceptors (Lipinski definition) is 9. The van der Waals surface area contributed by atoms with Gasteiger partial charge in [-0.15, -0.1) is 0 Å². The Morgan fingerprint density at radius 3 is 1.96 bits per heavy atom. The average molecular weight is 363 g/mol. The zero-order valence-corrected chi connectivity index (χ0v) is 14.7. The summed E-state index contributed by atoms with van der Waals surface area (Å²) in [5.41, 5.74) is 11.9. The summed E-state index contributed by atoms with van der Waals surface area (Å²) in [5.74, 6) is 0. The molecule has 0 aromatic heterocycles. The summed E-state index contributed by atoms with van der Waals surface area (Å²) >= 11 is 0. The Morgan fingerprint density at radius 2 is 1.54 bits per heavy atom. The summed E-state index contributed by atoms with van der Waals surface area (Å²) < 4.78 is 34.0. The fourth-order valence-corrected chi connectivity index (χ4v) is 2.73. The second-order valence-electron chi connectivity index (χ2n) is 4.27. The van der Waals surface area contributed by atoms with Gasteiger partial charge < -0.3 is 15.0 Å². The normalized spacial score (nSPS) is 10.9. The summed E-state index contributed by atoms with van der Waals surface area (Å²) in [6, 6.07) is 2.99. The molecule has 12 nitrogen and oxygen atoms in total. The first-order valence-electron chi connectivity index (χ1n) is 5.62. The van der Waals surface area contributed by atoms with E-state index in [1.807, 2.05) is 0 Å². The molecule has 0 fully saturated rings. The maximum absolute atomic E-state index is 11.3. The predicted octanol–water partition coefficient (Wildman–Crippen LogP) is -0.998.